The van der Waals surface area contributed by atoms with E-state index in [4.69, 9.17) is 69.6 Å². The number of rotatable bonds is 2. The van der Waals surface area contributed by atoms with Crippen molar-refractivity contribution in [2.45, 2.75) is 0 Å². The molecule has 8 heteroatoms. The first-order valence-corrected chi connectivity index (χ1v) is 9.00. The smallest absolute Gasteiger partial charge is 0.142 e. The zero-order valence-electron chi connectivity index (χ0n) is 12.1. The maximum absolute atomic E-state index is 13.9. The van der Waals surface area contributed by atoms with Gasteiger partial charge in [-0.25, -0.2) is 4.39 Å². The summed E-state index contributed by atoms with van der Waals surface area (Å²) in [5.41, 5.74) is 1.42. The van der Waals surface area contributed by atoms with Crippen molar-refractivity contribution in [1.29, 1.82) is 0 Å². The van der Waals surface area contributed by atoms with Gasteiger partial charge in [0, 0.05) is 26.7 Å². The van der Waals surface area contributed by atoms with Gasteiger partial charge in [-0.2, -0.15) is 0 Å². The predicted octanol–water partition coefficient (Wildman–Crippen LogP) is 8.48. The van der Waals surface area contributed by atoms with Crippen LogP contribution >= 0.6 is 69.6 Å². The molecule has 3 rings (SSSR count). The van der Waals surface area contributed by atoms with E-state index in [-0.39, 0.29) is 20.1 Å². The molecule has 0 saturated carbocycles. The van der Waals surface area contributed by atoms with Crippen molar-refractivity contribution in [1.82, 2.24) is 4.98 Å². The number of halogens is 7. The Morgan fingerprint density at radius 1 is 0.640 bits per heavy atom. The Kier molecular flexibility index (Phi) is 5.69. The van der Waals surface area contributed by atoms with Crippen LogP contribution in [0.15, 0.2) is 36.5 Å². The number of hydrogen-bond acceptors (Lipinski definition) is 1. The summed E-state index contributed by atoms with van der Waals surface area (Å²) in [5, 5.41) is 1.73. The summed E-state index contributed by atoms with van der Waals surface area (Å²) in [6.45, 7) is 0. The Hall–Kier alpha value is -0.740. The predicted molar refractivity (Wildman–Crippen MR) is 105 cm³/mol. The third-order valence-electron chi connectivity index (χ3n) is 3.37. The van der Waals surface area contributed by atoms with Crippen LogP contribution in [0, 0.1) is 5.82 Å². The highest BCUT2D eigenvalue weighted by molar-refractivity contribution is 6.43. The SMILES string of the molecule is Fc1cnc(-c2c(Cl)cc(Cl)cc2Cl)c(-c2c(Cl)cc(Cl)cc2Cl)c1. The first-order chi connectivity index (χ1) is 11.8. The molecule has 0 fully saturated rings. The fourth-order valence-corrected chi connectivity index (χ4v) is 4.41. The van der Waals surface area contributed by atoms with Crippen LogP contribution in [0.2, 0.25) is 30.1 Å². The van der Waals surface area contributed by atoms with Gasteiger partial charge in [-0.3, -0.25) is 4.98 Å². The Bertz CT molecular complexity index is 943. The molecule has 0 radical (unpaired) electrons. The van der Waals surface area contributed by atoms with Gasteiger partial charge in [0.2, 0.25) is 0 Å². The minimum Gasteiger partial charge on any atom is -0.252 e. The Balaban J connectivity index is 2.37. The van der Waals surface area contributed by atoms with E-state index in [9.17, 15) is 4.39 Å². The van der Waals surface area contributed by atoms with Gasteiger partial charge in [-0.1, -0.05) is 69.6 Å². The highest BCUT2D eigenvalue weighted by Crippen LogP contribution is 2.45. The molecule has 0 aliphatic rings. The molecule has 2 aromatic carbocycles. The zero-order valence-corrected chi connectivity index (χ0v) is 16.6. The normalized spacial score (nSPS) is 11.0. The van der Waals surface area contributed by atoms with Crippen LogP contribution < -0.4 is 0 Å². The second-order valence-electron chi connectivity index (χ2n) is 5.04. The van der Waals surface area contributed by atoms with Gasteiger partial charge in [-0.05, 0) is 30.3 Å². The lowest BCUT2D eigenvalue weighted by Crippen LogP contribution is -1.95. The highest BCUT2D eigenvalue weighted by Gasteiger charge is 2.21. The molecule has 1 heterocycles. The van der Waals surface area contributed by atoms with E-state index in [2.05, 4.69) is 4.98 Å². The monoisotopic (exact) mass is 453 g/mol. The summed E-state index contributed by atoms with van der Waals surface area (Å²) >= 11 is 37.0. The first kappa shape index (κ1) is 19.0. The number of pyridine rings is 1. The van der Waals surface area contributed by atoms with Crippen molar-refractivity contribution in [3.8, 4) is 22.4 Å². The van der Waals surface area contributed by atoms with E-state index in [0.717, 1.165) is 6.20 Å². The molecule has 1 aromatic heterocycles. The van der Waals surface area contributed by atoms with Gasteiger partial charge < -0.3 is 0 Å². The van der Waals surface area contributed by atoms with E-state index in [0.29, 0.717) is 32.4 Å². The van der Waals surface area contributed by atoms with E-state index < -0.39 is 5.82 Å². The minimum atomic E-state index is -0.568. The van der Waals surface area contributed by atoms with Crippen molar-refractivity contribution in [2.75, 3.05) is 0 Å². The number of aromatic nitrogens is 1. The standard InChI is InChI=1S/C17H6Cl6FN/c18-7-1-11(20)15(12(21)2-7)10-5-9(24)6-25-17(10)16-13(22)3-8(19)4-14(16)23/h1-6H. The van der Waals surface area contributed by atoms with E-state index in [1.807, 2.05) is 0 Å². The van der Waals surface area contributed by atoms with E-state index in [1.54, 1.807) is 0 Å². The summed E-state index contributed by atoms with van der Waals surface area (Å²) in [7, 11) is 0. The molecule has 0 aliphatic carbocycles. The number of nitrogens with zero attached hydrogens (tertiary/aromatic N) is 1. The summed E-state index contributed by atoms with van der Waals surface area (Å²) in [5.74, 6) is -0.568. The second-order valence-corrected chi connectivity index (χ2v) is 7.54. The van der Waals surface area contributed by atoms with Crippen molar-refractivity contribution in [3.63, 3.8) is 0 Å². The van der Waals surface area contributed by atoms with Gasteiger partial charge >= 0.3 is 0 Å². The molecule has 0 saturated heterocycles. The fourth-order valence-electron chi connectivity index (χ4n) is 2.40. The van der Waals surface area contributed by atoms with Crippen LogP contribution in [0.1, 0.15) is 0 Å². The lowest BCUT2D eigenvalue weighted by Gasteiger charge is -2.15. The molecular formula is C17H6Cl6FN. The molecular weight excluding hydrogens is 450 g/mol. The van der Waals surface area contributed by atoms with Crippen LogP contribution in [0.5, 0.6) is 0 Å². The molecule has 0 unspecified atom stereocenters. The molecule has 0 spiro atoms. The lowest BCUT2D eigenvalue weighted by atomic mass is 9.99. The Morgan fingerprint density at radius 3 is 1.56 bits per heavy atom. The summed E-state index contributed by atoms with van der Waals surface area (Å²) < 4.78 is 13.9. The number of benzene rings is 2. The Morgan fingerprint density at radius 2 is 1.08 bits per heavy atom. The molecule has 0 N–H and O–H groups in total. The fraction of sp³-hybridized carbons (Fsp3) is 0. The van der Waals surface area contributed by atoms with Crippen molar-refractivity contribution in [3.05, 3.63) is 72.5 Å². The second kappa shape index (κ2) is 7.48. The van der Waals surface area contributed by atoms with Gasteiger partial charge in [0.25, 0.3) is 0 Å². The quantitative estimate of drug-likeness (QED) is 0.377. The summed E-state index contributed by atoms with van der Waals surface area (Å²) in [4.78, 5) is 4.14. The molecule has 0 atom stereocenters. The van der Waals surface area contributed by atoms with Gasteiger partial charge in [0.05, 0.1) is 32.0 Å². The molecule has 1 nitrogen and oxygen atoms in total. The molecule has 0 amide bonds. The molecule has 0 bridgehead atoms. The van der Waals surface area contributed by atoms with Gasteiger partial charge in [-0.15, -0.1) is 0 Å². The highest BCUT2D eigenvalue weighted by atomic mass is 35.5. The lowest BCUT2D eigenvalue weighted by molar-refractivity contribution is 0.622. The van der Waals surface area contributed by atoms with Crippen LogP contribution in [-0.4, -0.2) is 4.98 Å². The maximum Gasteiger partial charge on any atom is 0.142 e. The summed E-state index contributed by atoms with van der Waals surface area (Å²) in [6, 6.07) is 7.30. The van der Waals surface area contributed by atoms with Gasteiger partial charge in [0.15, 0.2) is 0 Å². The van der Waals surface area contributed by atoms with Crippen molar-refractivity contribution in [2.24, 2.45) is 0 Å². The minimum absolute atomic E-state index is 0.243. The Labute approximate surface area is 173 Å². The van der Waals surface area contributed by atoms with Crippen LogP contribution in [0.3, 0.4) is 0 Å². The van der Waals surface area contributed by atoms with E-state index >= 15 is 0 Å². The van der Waals surface area contributed by atoms with E-state index in [1.165, 1.54) is 30.3 Å². The molecule has 3 aromatic rings. The first-order valence-electron chi connectivity index (χ1n) is 6.73. The molecule has 128 valence electrons. The topological polar surface area (TPSA) is 12.9 Å². The number of hydrogen-bond donors (Lipinski definition) is 0. The van der Waals surface area contributed by atoms with Gasteiger partial charge in [0.1, 0.15) is 5.82 Å². The van der Waals surface area contributed by atoms with Crippen LogP contribution in [0.25, 0.3) is 22.4 Å². The maximum atomic E-state index is 13.9. The molecule has 25 heavy (non-hydrogen) atoms. The van der Waals surface area contributed by atoms with Crippen LogP contribution in [-0.2, 0) is 0 Å². The third-order valence-corrected chi connectivity index (χ3v) is 5.00. The average molecular weight is 456 g/mol. The van der Waals surface area contributed by atoms with Crippen molar-refractivity contribution < 1.29 is 4.39 Å². The average Bonchev–Trinajstić information content (AvgIpc) is 2.47. The third kappa shape index (κ3) is 3.85. The summed E-state index contributed by atoms with van der Waals surface area (Å²) in [6.07, 6.45) is 1.05. The van der Waals surface area contributed by atoms with Crippen molar-refractivity contribution >= 4 is 69.6 Å². The largest absolute Gasteiger partial charge is 0.252 e. The zero-order chi connectivity index (χ0) is 18.3. The molecule has 0 aliphatic heterocycles. The van der Waals surface area contributed by atoms with Crippen LogP contribution in [0.4, 0.5) is 4.39 Å².